The van der Waals surface area contributed by atoms with Crippen molar-refractivity contribution in [3.8, 4) is 0 Å². The van der Waals surface area contributed by atoms with E-state index in [-0.39, 0.29) is 5.91 Å². The Morgan fingerprint density at radius 3 is 2.47 bits per heavy atom. The van der Waals surface area contributed by atoms with Gasteiger partial charge in [0.25, 0.3) is 5.91 Å². The predicted molar refractivity (Wildman–Crippen MR) is 72.2 cm³/mol. The summed E-state index contributed by atoms with van der Waals surface area (Å²) in [6.45, 7) is 10.1. The van der Waals surface area contributed by atoms with Crippen LogP contribution in [-0.4, -0.2) is 23.9 Å². The van der Waals surface area contributed by atoms with Crippen molar-refractivity contribution < 1.29 is 4.79 Å². The minimum absolute atomic E-state index is 0.165. The predicted octanol–water partition coefficient (Wildman–Crippen LogP) is 3.50. The fourth-order valence-electron chi connectivity index (χ4n) is 1.97. The molecular weight excluding hydrogens is 210 g/mol. The third-order valence-electron chi connectivity index (χ3n) is 2.74. The maximum atomic E-state index is 12.4. The van der Waals surface area contributed by atoms with E-state index >= 15 is 0 Å². The number of benzene rings is 1. The molecule has 1 aromatic rings. The standard InChI is InChI=1S/C15H23NO/c1-5-10-16(11-12(2)3)15(17)14-9-7-6-8-13(14)4/h6-9,12H,5,10-11H2,1-4H3. The maximum absolute atomic E-state index is 12.4. The number of rotatable bonds is 5. The summed E-state index contributed by atoms with van der Waals surface area (Å²) < 4.78 is 0. The number of hydrogen-bond acceptors (Lipinski definition) is 1. The number of carbonyl (C=O) groups is 1. The van der Waals surface area contributed by atoms with Crippen molar-refractivity contribution in [2.24, 2.45) is 5.92 Å². The van der Waals surface area contributed by atoms with Gasteiger partial charge in [-0.1, -0.05) is 39.0 Å². The lowest BCUT2D eigenvalue weighted by Gasteiger charge is -2.24. The minimum atomic E-state index is 0.165. The molecule has 1 rings (SSSR count). The molecule has 0 atom stereocenters. The van der Waals surface area contributed by atoms with Crippen LogP contribution < -0.4 is 0 Å². The molecule has 0 aliphatic heterocycles. The third kappa shape index (κ3) is 3.88. The van der Waals surface area contributed by atoms with Crippen LogP contribution in [0.2, 0.25) is 0 Å². The van der Waals surface area contributed by atoms with Gasteiger partial charge in [0.2, 0.25) is 0 Å². The van der Waals surface area contributed by atoms with Crippen molar-refractivity contribution in [2.45, 2.75) is 34.1 Å². The Morgan fingerprint density at radius 1 is 1.29 bits per heavy atom. The van der Waals surface area contributed by atoms with E-state index in [1.165, 1.54) is 0 Å². The van der Waals surface area contributed by atoms with Crippen LogP contribution in [0, 0.1) is 12.8 Å². The molecule has 1 amide bonds. The van der Waals surface area contributed by atoms with Gasteiger partial charge in [-0.25, -0.2) is 0 Å². The van der Waals surface area contributed by atoms with Gasteiger partial charge in [-0.2, -0.15) is 0 Å². The summed E-state index contributed by atoms with van der Waals surface area (Å²) in [4.78, 5) is 14.4. The molecule has 0 saturated heterocycles. The van der Waals surface area contributed by atoms with Crippen LogP contribution in [0.25, 0.3) is 0 Å². The van der Waals surface area contributed by atoms with Gasteiger partial charge in [-0.05, 0) is 30.9 Å². The SMILES string of the molecule is CCCN(CC(C)C)C(=O)c1ccccc1C. The highest BCUT2D eigenvalue weighted by molar-refractivity contribution is 5.95. The fraction of sp³-hybridized carbons (Fsp3) is 0.533. The molecule has 0 radical (unpaired) electrons. The van der Waals surface area contributed by atoms with Crippen LogP contribution in [0.1, 0.15) is 43.1 Å². The second kappa shape index (κ2) is 6.43. The van der Waals surface area contributed by atoms with E-state index in [1.54, 1.807) is 0 Å². The van der Waals surface area contributed by atoms with Crippen molar-refractivity contribution in [2.75, 3.05) is 13.1 Å². The molecule has 1 aromatic carbocycles. The van der Waals surface area contributed by atoms with E-state index in [1.807, 2.05) is 36.1 Å². The van der Waals surface area contributed by atoms with E-state index in [0.29, 0.717) is 5.92 Å². The molecule has 0 aliphatic rings. The van der Waals surface area contributed by atoms with Crippen molar-refractivity contribution in [3.05, 3.63) is 35.4 Å². The first kappa shape index (κ1) is 13.8. The molecule has 0 aromatic heterocycles. The lowest BCUT2D eigenvalue weighted by atomic mass is 10.1. The van der Waals surface area contributed by atoms with Crippen LogP contribution >= 0.6 is 0 Å². The monoisotopic (exact) mass is 233 g/mol. The van der Waals surface area contributed by atoms with Gasteiger partial charge >= 0.3 is 0 Å². The van der Waals surface area contributed by atoms with Crippen LogP contribution in [0.4, 0.5) is 0 Å². The molecule has 0 saturated carbocycles. The summed E-state index contributed by atoms with van der Waals surface area (Å²) >= 11 is 0. The number of nitrogens with zero attached hydrogens (tertiary/aromatic N) is 1. The van der Waals surface area contributed by atoms with Crippen molar-refractivity contribution >= 4 is 5.91 Å². The molecule has 0 unspecified atom stereocenters. The highest BCUT2D eigenvalue weighted by Gasteiger charge is 2.17. The number of hydrogen-bond donors (Lipinski definition) is 0. The Kier molecular flexibility index (Phi) is 5.20. The second-order valence-electron chi connectivity index (χ2n) is 4.96. The van der Waals surface area contributed by atoms with E-state index in [9.17, 15) is 4.79 Å². The topological polar surface area (TPSA) is 20.3 Å². The van der Waals surface area contributed by atoms with E-state index in [0.717, 1.165) is 30.6 Å². The molecule has 17 heavy (non-hydrogen) atoms. The van der Waals surface area contributed by atoms with Crippen molar-refractivity contribution in [1.29, 1.82) is 0 Å². The highest BCUT2D eigenvalue weighted by atomic mass is 16.2. The summed E-state index contributed by atoms with van der Waals surface area (Å²) in [5.41, 5.74) is 1.89. The lowest BCUT2D eigenvalue weighted by Crippen LogP contribution is -2.35. The largest absolute Gasteiger partial charge is 0.338 e. The van der Waals surface area contributed by atoms with Crippen LogP contribution in [0.5, 0.6) is 0 Å². The normalized spacial score (nSPS) is 10.6. The maximum Gasteiger partial charge on any atom is 0.254 e. The molecule has 0 fully saturated rings. The Balaban J connectivity index is 2.88. The van der Waals surface area contributed by atoms with E-state index in [4.69, 9.17) is 0 Å². The zero-order valence-corrected chi connectivity index (χ0v) is 11.4. The molecule has 0 spiro atoms. The average Bonchev–Trinajstić information content (AvgIpc) is 2.28. The zero-order valence-electron chi connectivity index (χ0n) is 11.4. The van der Waals surface area contributed by atoms with Gasteiger partial charge in [-0.3, -0.25) is 4.79 Å². The Morgan fingerprint density at radius 2 is 1.94 bits per heavy atom. The quantitative estimate of drug-likeness (QED) is 0.762. The van der Waals surface area contributed by atoms with Crippen LogP contribution in [0.3, 0.4) is 0 Å². The van der Waals surface area contributed by atoms with Gasteiger partial charge in [0.05, 0.1) is 0 Å². The first-order valence-electron chi connectivity index (χ1n) is 6.41. The molecule has 0 heterocycles. The zero-order chi connectivity index (χ0) is 12.8. The average molecular weight is 233 g/mol. The molecule has 0 aliphatic carbocycles. The summed E-state index contributed by atoms with van der Waals surface area (Å²) in [6, 6.07) is 7.81. The Labute approximate surface area is 105 Å². The van der Waals surface area contributed by atoms with Gasteiger partial charge in [-0.15, -0.1) is 0 Å². The van der Waals surface area contributed by atoms with Crippen LogP contribution in [-0.2, 0) is 0 Å². The van der Waals surface area contributed by atoms with Gasteiger partial charge in [0, 0.05) is 18.7 Å². The summed E-state index contributed by atoms with van der Waals surface area (Å²) in [5, 5.41) is 0. The number of amides is 1. The van der Waals surface area contributed by atoms with Crippen molar-refractivity contribution in [1.82, 2.24) is 4.90 Å². The van der Waals surface area contributed by atoms with Crippen molar-refractivity contribution in [3.63, 3.8) is 0 Å². The molecule has 2 heteroatoms. The molecular formula is C15H23NO. The highest BCUT2D eigenvalue weighted by Crippen LogP contribution is 2.12. The first-order valence-corrected chi connectivity index (χ1v) is 6.41. The second-order valence-corrected chi connectivity index (χ2v) is 4.96. The van der Waals surface area contributed by atoms with E-state index < -0.39 is 0 Å². The molecule has 0 N–H and O–H groups in total. The van der Waals surface area contributed by atoms with Gasteiger partial charge in [0.15, 0.2) is 0 Å². The smallest absolute Gasteiger partial charge is 0.254 e. The molecule has 0 bridgehead atoms. The minimum Gasteiger partial charge on any atom is -0.338 e. The summed E-state index contributed by atoms with van der Waals surface area (Å²) in [7, 11) is 0. The first-order chi connectivity index (χ1) is 8.06. The van der Waals surface area contributed by atoms with Crippen LogP contribution in [0.15, 0.2) is 24.3 Å². The summed E-state index contributed by atoms with van der Waals surface area (Å²) in [5.74, 6) is 0.674. The lowest BCUT2D eigenvalue weighted by molar-refractivity contribution is 0.0735. The Hall–Kier alpha value is -1.31. The van der Waals surface area contributed by atoms with Gasteiger partial charge in [0.1, 0.15) is 0 Å². The number of aryl methyl sites for hydroxylation is 1. The number of carbonyl (C=O) groups excluding carboxylic acids is 1. The molecule has 94 valence electrons. The fourth-order valence-corrected chi connectivity index (χ4v) is 1.97. The Bertz CT molecular complexity index is 371. The molecule has 2 nitrogen and oxygen atoms in total. The van der Waals surface area contributed by atoms with E-state index in [2.05, 4.69) is 20.8 Å². The van der Waals surface area contributed by atoms with Gasteiger partial charge < -0.3 is 4.90 Å². The summed E-state index contributed by atoms with van der Waals surface area (Å²) in [6.07, 6.45) is 1.00. The third-order valence-corrected chi connectivity index (χ3v) is 2.74.